The van der Waals surface area contributed by atoms with Crippen LogP contribution in [-0.2, 0) is 4.79 Å². The van der Waals surface area contributed by atoms with Crippen LogP contribution in [0.5, 0.6) is 0 Å². The molecular weight excluding hydrogens is 106 g/mol. The van der Waals surface area contributed by atoms with Gasteiger partial charge in [-0.15, -0.1) is 0 Å². The van der Waals surface area contributed by atoms with E-state index in [1.54, 1.807) is 0 Å². The van der Waals surface area contributed by atoms with E-state index in [-0.39, 0.29) is 12.5 Å². The molecule has 0 aliphatic heterocycles. The van der Waals surface area contributed by atoms with Crippen molar-refractivity contribution in [3.8, 4) is 0 Å². The summed E-state index contributed by atoms with van der Waals surface area (Å²) in [5.41, 5.74) is 10.1. The molecular formula is C4H11N3O. The maximum absolute atomic E-state index is 9.99. The summed E-state index contributed by atoms with van der Waals surface area (Å²) in [5, 5.41) is 0. The lowest BCUT2D eigenvalue weighted by Gasteiger charge is -1.98. The number of rotatable bonds is 4. The van der Waals surface area contributed by atoms with Gasteiger partial charge < -0.3 is 5.73 Å². The Morgan fingerprint density at radius 1 is 1.62 bits per heavy atom. The SMILES string of the molecule is CCNNCC(N)=O. The van der Waals surface area contributed by atoms with Crippen LogP contribution in [0, 0.1) is 0 Å². The summed E-state index contributed by atoms with van der Waals surface area (Å²) in [7, 11) is 0. The van der Waals surface area contributed by atoms with Crippen molar-refractivity contribution < 1.29 is 4.79 Å². The van der Waals surface area contributed by atoms with Gasteiger partial charge in [0, 0.05) is 6.54 Å². The molecule has 0 radical (unpaired) electrons. The van der Waals surface area contributed by atoms with Gasteiger partial charge >= 0.3 is 0 Å². The Labute approximate surface area is 48.4 Å². The van der Waals surface area contributed by atoms with Crippen LogP contribution in [0.4, 0.5) is 0 Å². The molecule has 0 saturated carbocycles. The van der Waals surface area contributed by atoms with Gasteiger partial charge in [-0.05, 0) is 0 Å². The van der Waals surface area contributed by atoms with E-state index in [1.165, 1.54) is 0 Å². The van der Waals surface area contributed by atoms with E-state index in [4.69, 9.17) is 5.73 Å². The van der Waals surface area contributed by atoms with Crippen LogP contribution in [0.1, 0.15) is 6.92 Å². The van der Waals surface area contributed by atoms with Crippen molar-refractivity contribution in [1.82, 2.24) is 10.9 Å². The van der Waals surface area contributed by atoms with E-state index >= 15 is 0 Å². The van der Waals surface area contributed by atoms with E-state index in [9.17, 15) is 4.79 Å². The smallest absolute Gasteiger partial charge is 0.232 e. The minimum absolute atomic E-state index is 0.188. The number of nitrogens with one attached hydrogen (secondary N) is 2. The van der Waals surface area contributed by atoms with Gasteiger partial charge in [0.05, 0.1) is 6.54 Å². The molecule has 0 saturated heterocycles. The van der Waals surface area contributed by atoms with Crippen molar-refractivity contribution in [2.75, 3.05) is 13.1 Å². The summed E-state index contributed by atoms with van der Waals surface area (Å²) >= 11 is 0. The molecule has 0 rings (SSSR count). The van der Waals surface area contributed by atoms with Crippen LogP contribution >= 0.6 is 0 Å². The largest absolute Gasteiger partial charge is 0.369 e. The molecule has 0 aromatic heterocycles. The van der Waals surface area contributed by atoms with Crippen molar-refractivity contribution in [1.29, 1.82) is 0 Å². The Bertz CT molecular complexity index is 73.7. The minimum Gasteiger partial charge on any atom is -0.369 e. The van der Waals surface area contributed by atoms with Gasteiger partial charge in [-0.1, -0.05) is 6.92 Å². The van der Waals surface area contributed by atoms with Crippen LogP contribution in [0.2, 0.25) is 0 Å². The molecule has 8 heavy (non-hydrogen) atoms. The van der Waals surface area contributed by atoms with Crippen LogP contribution in [0.15, 0.2) is 0 Å². The van der Waals surface area contributed by atoms with Crippen LogP contribution in [0.3, 0.4) is 0 Å². The van der Waals surface area contributed by atoms with Gasteiger partial charge in [-0.25, -0.2) is 5.43 Å². The number of hydrogen-bond acceptors (Lipinski definition) is 3. The zero-order chi connectivity index (χ0) is 6.41. The molecule has 4 N–H and O–H groups in total. The first-order valence-electron chi connectivity index (χ1n) is 2.51. The van der Waals surface area contributed by atoms with Crippen LogP contribution in [-0.4, -0.2) is 19.0 Å². The number of nitrogens with two attached hydrogens (primary N) is 1. The van der Waals surface area contributed by atoms with Gasteiger partial charge in [-0.3, -0.25) is 10.2 Å². The second kappa shape index (κ2) is 4.55. The summed E-state index contributed by atoms with van der Waals surface area (Å²) < 4.78 is 0. The summed E-state index contributed by atoms with van der Waals surface area (Å²) in [4.78, 5) is 9.99. The molecule has 4 nitrogen and oxygen atoms in total. The van der Waals surface area contributed by atoms with Crippen LogP contribution < -0.4 is 16.6 Å². The van der Waals surface area contributed by atoms with E-state index in [0.717, 1.165) is 6.54 Å². The molecule has 0 fully saturated rings. The first kappa shape index (κ1) is 7.39. The molecule has 0 bridgehead atoms. The van der Waals surface area contributed by atoms with E-state index in [2.05, 4.69) is 10.9 Å². The Balaban J connectivity index is 2.82. The highest BCUT2D eigenvalue weighted by Crippen LogP contribution is 1.49. The van der Waals surface area contributed by atoms with E-state index in [1.807, 2.05) is 6.92 Å². The molecule has 0 aromatic carbocycles. The summed E-state index contributed by atoms with van der Waals surface area (Å²) in [6.45, 7) is 2.90. The number of hydrogen-bond donors (Lipinski definition) is 3. The predicted octanol–water partition coefficient (Wildman–Crippen LogP) is -1.41. The number of primary amides is 1. The minimum atomic E-state index is -0.356. The Morgan fingerprint density at radius 3 is 2.62 bits per heavy atom. The quantitative estimate of drug-likeness (QED) is 0.313. The van der Waals surface area contributed by atoms with Crippen LogP contribution in [0.25, 0.3) is 0 Å². The molecule has 0 spiro atoms. The predicted molar refractivity (Wildman–Crippen MR) is 30.9 cm³/mol. The standard InChI is InChI=1S/C4H11N3O/c1-2-6-7-3-4(5)8/h6-7H,2-3H2,1H3,(H2,5,8). The molecule has 0 aliphatic rings. The first-order valence-corrected chi connectivity index (χ1v) is 2.51. The topological polar surface area (TPSA) is 67.2 Å². The third kappa shape index (κ3) is 5.39. The number of amides is 1. The second-order valence-corrected chi connectivity index (χ2v) is 1.35. The van der Waals surface area contributed by atoms with E-state index < -0.39 is 0 Å². The molecule has 0 atom stereocenters. The summed E-state index contributed by atoms with van der Waals surface area (Å²) in [5.74, 6) is -0.356. The van der Waals surface area contributed by atoms with E-state index in [0.29, 0.717) is 0 Å². The Kier molecular flexibility index (Phi) is 4.20. The van der Waals surface area contributed by atoms with Crippen molar-refractivity contribution in [3.63, 3.8) is 0 Å². The average Bonchev–Trinajstić information content (AvgIpc) is 1.66. The second-order valence-electron chi connectivity index (χ2n) is 1.35. The normalized spacial score (nSPS) is 9.12. The molecule has 4 heteroatoms. The third-order valence-corrected chi connectivity index (χ3v) is 0.564. The number of carbonyl (C=O) groups is 1. The molecule has 0 aromatic rings. The lowest BCUT2D eigenvalue weighted by atomic mass is 10.6. The summed E-state index contributed by atoms with van der Waals surface area (Å²) in [6.07, 6.45) is 0. The molecule has 0 heterocycles. The number of hydrazine groups is 1. The fourth-order valence-electron chi connectivity index (χ4n) is 0.275. The fourth-order valence-corrected chi connectivity index (χ4v) is 0.275. The number of carbonyl (C=O) groups excluding carboxylic acids is 1. The molecule has 1 amide bonds. The fraction of sp³-hybridized carbons (Fsp3) is 0.750. The maximum Gasteiger partial charge on any atom is 0.232 e. The Hall–Kier alpha value is -0.610. The maximum atomic E-state index is 9.99. The van der Waals surface area contributed by atoms with Crippen molar-refractivity contribution in [2.24, 2.45) is 5.73 Å². The summed E-state index contributed by atoms with van der Waals surface area (Å²) in [6, 6.07) is 0. The first-order chi connectivity index (χ1) is 3.77. The molecule has 0 aliphatic carbocycles. The Morgan fingerprint density at radius 2 is 2.25 bits per heavy atom. The highest BCUT2D eigenvalue weighted by molar-refractivity contribution is 5.75. The monoisotopic (exact) mass is 117 g/mol. The zero-order valence-electron chi connectivity index (χ0n) is 4.90. The third-order valence-electron chi connectivity index (χ3n) is 0.564. The van der Waals surface area contributed by atoms with Gasteiger partial charge in [-0.2, -0.15) is 0 Å². The average molecular weight is 117 g/mol. The van der Waals surface area contributed by atoms with Gasteiger partial charge in [0.25, 0.3) is 0 Å². The lowest BCUT2D eigenvalue weighted by Crippen LogP contribution is -2.38. The molecule has 0 unspecified atom stereocenters. The highest BCUT2D eigenvalue weighted by atomic mass is 16.1. The van der Waals surface area contributed by atoms with Gasteiger partial charge in [0.15, 0.2) is 0 Å². The zero-order valence-corrected chi connectivity index (χ0v) is 4.90. The van der Waals surface area contributed by atoms with Gasteiger partial charge in [0.2, 0.25) is 5.91 Å². The molecule has 48 valence electrons. The van der Waals surface area contributed by atoms with Gasteiger partial charge in [0.1, 0.15) is 0 Å². The lowest BCUT2D eigenvalue weighted by molar-refractivity contribution is -0.117. The highest BCUT2D eigenvalue weighted by Gasteiger charge is 1.87. The van der Waals surface area contributed by atoms with Crippen molar-refractivity contribution in [3.05, 3.63) is 0 Å². The van der Waals surface area contributed by atoms with Crippen molar-refractivity contribution >= 4 is 5.91 Å². The van der Waals surface area contributed by atoms with Crippen molar-refractivity contribution in [2.45, 2.75) is 6.92 Å².